The number of rotatable bonds is 3. The lowest BCUT2D eigenvalue weighted by Gasteiger charge is -2.26. The highest BCUT2D eigenvalue weighted by Gasteiger charge is 2.19. The van der Waals surface area contributed by atoms with E-state index < -0.39 is 0 Å². The maximum absolute atomic E-state index is 13.5. The molecule has 30 heavy (non-hydrogen) atoms. The first-order chi connectivity index (χ1) is 14.5. The van der Waals surface area contributed by atoms with Crippen molar-refractivity contribution in [3.8, 4) is 22.4 Å². The quantitative estimate of drug-likeness (QED) is 0.576. The summed E-state index contributed by atoms with van der Waals surface area (Å²) in [5.41, 5.74) is 3.53. The van der Waals surface area contributed by atoms with Crippen LogP contribution in [0.5, 0.6) is 0 Å². The Kier molecular flexibility index (Phi) is 5.90. The third-order valence-corrected chi connectivity index (χ3v) is 5.20. The van der Waals surface area contributed by atoms with Crippen molar-refractivity contribution in [2.24, 2.45) is 0 Å². The fourth-order valence-electron chi connectivity index (χ4n) is 3.54. The van der Waals surface area contributed by atoms with Crippen molar-refractivity contribution in [1.29, 1.82) is 0 Å². The number of aromatic nitrogens is 3. The molecule has 0 saturated carbocycles. The fourth-order valence-corrected chi connectivity index (χ4v) is 3.79. The van der Waals surface area contributed by atoms with E-state index in [1.165, 1.54) is 12.1 Å². The predicted molar refractivity (Wildman–Crippen MR) is 115 cm³/mol. The number of carbonyl (C=O) groups excluding carboxylic acids is 1. The van der Waals surface area contributed by atoms with Crippen LogP contribution in [0.15, 0.2) is 42.6 Å². The van der Waals surface area contributed by atoms with Crippen LogP contribution < -0.4 is 5.32 Å². The first kappa shape index (κ1) is 20.2. The first-order valence-corrected chi connectivity index (χ1v) is 10.2. The SMILES string of the molecule is Cc1cc(-c2cnc(NC(=O)N3CCCCC3)nc2-c2ccc(F)cc2)cc(Cl)n1. The van der Waals surface area contributed by atoms with Gasteiger partial charge in [-0.15, -0.1) is 0 Å². The number of benzene rings is 1. The van der Waals surface area contributed by atoms with Crippen LogP contribution in [0.3, 0.4) is 0 Å². The Morgan fingerprint density at radius 2 is 1.80 bits per heavy atom. The Bertz CT molecular complexity index is 1050. The van der Waals surface area contributed by atoms with E-state index in [9.17, 15) is 9.18 Å². The van der Waals surface area contributed by atoms with Crippen LogP contribution in [0.1, 0.15) is 25.0 Å². The second kappa shape index (κ2) is 8.75. The molecule has 3 aromatic rings. The van der Waals surface area contributed by atoms with E-state index in [1.54, 1.807) is 29.3 Å². The van der Waals surface area contributed by atoms with E-state index in [4.69, 9.17) is 11.6 Å². The van der Waals surface area contributed by atoms with Crippen LogP contribution in [0.2, 0.25) is 5.15 Å². The number of pyridine rings is 1. The van der Waals surface area contributed by atoms with E-state index in [0.29, 0.717) is 22.0 Å². The van der Waals surface area contributed by atoms with E-state index in [-0.39, 0.29) is 17.8 Å². The number of nitrogens with one attached hydrogen (secondary N) is 1. The van der Waals surface area contributed by atoms with Gasteiger partial charge in [-0.1, -0.05) is 11.6 Å². The molecule has 1 fully saturated rings. The largest absolute Gasteiger partial charge is 0.324 e. The van der Waals surface area contributed by atoms with Gasteiger partial charge in [0.1, 0.15) is 11.0 Å². The highest BCUT2D eigenvalue weighted by molar-refractivity contribution is 6.29. The van der Waals surface area contributed by atoms with Gasteiger partial charge in [-0.3, -0.25) is 5.32 Å². The van der Waals surface area contributed by atoms with Crippen molar-refractivity contribution in [3.63, 3.8) is 0 Å². The first-order valence-electron chi connectivity index (χ1n) is 9.83. The number of piperidine rings is 1. The molecule has 0 aliphatic carbocycles. The summed E-state index contributed by atoms with van der Waals surface area (Å²) in [5.74, 6) is -0.138. The average Bonchev–Trinajstić information content (AvgIpc) is 2.74. The lowest BCUT2D eigenvalue weighted by molar-refractivity contribution is 0.200. The summed E-state index contributed by atoms with van der Waals surface area (Å²) in [6, 6.07) is 9.43. The van der Waals surface area contributed by atoms with E-state index in [1.807, 2.05) is 13.0 Å². The molecule has 6 nitrogen and oxygen atoms in total. The van der Waals surface area contributed by atoms with E-state index >= 15 is 0 Å². The Hall–Kier alpha value is -3.06. The highest BCUT2D eigenvalue weighted by Crippen LogP contribution is 2.32. The van der Waals surface area contributed by atoms with Gasteiger partial charge >= 0.3 is 6.03 Å². The number of likely N-dealkylation sites (tertiary alicyclic amines) is 1. The summed E-state index contributed by atoms with van der Waals surface area (Å²) in [4.78, 5) is 27.5. The van der Waals surface area contributed by atoms with Gasteiger partial charge in [0.05, 0.1) is 5.69 Å². The second-order valence-electron chi connectivity index (χ2n) is 7.26. The topological polar surface area (TPSA) is 71.0 Å². The Morgan fingerprint density at radius 1 is 1.07 bits per heavy atom. The van der Waals surface area contributed by atoms with Crippen molar-refractivity contribution in [2.45, 2.75) is 26.2 Å². The molecule has 3 heterocycles. The lowest BCUT2D eigenvalue weighted by Crippen LogP contribution is -2.39. The molecule has 8 heteroatoms. The number of anilines is 1. The Balaban J connectivity index is 1.73. The fraction of sp³-hybridized carbons (Fsp3) is 0.273. The molecular weight excluding hydrogens is 405 g/mol. The Labute approximate surface area is 179 Å². The predicted octanol–water partition coefficient (Wildman–Crippen LogP) is 5.32. The second-order valence-corrected chi connectivity index (χ2v) is 7.65. The lowest BCUT2D eigenvalue weighted by atomic mass is 10.0. The normalized spacial score (nSPS) is 13.9. The van der Waals surface area contributed by atoms with E-state index in [2.05, 4.69) is 20.3 Å². The minimum absolute atomic E-state index is 0.200. The molecule has 0 radical (unpaired) electrons. The maximum Gasteiger partial charge on any atom is 0.324 e. The molecule has 4 rings (SSSR count). The summed E-state index contributed by atoms with van der Waals surface area (Å²) in [6.07, 6.45) is 4.77. The minimum Gasteiger partial charge on any atom is -0.324 e. The summed E-state index contributed by atoms with van der Waals surface area (Å²) >= 11 is 6.14. The van der Waals surface area contributed by atoms with Gasteiger partial charge in [0.25, 0.3) is 0 Å². The number of halogens is 2. The molecular formula is C22H21ClFN5O. The summed E-state index contributed by atoms with van der Waals surface area (Å²) in [6.45, 7) is 3.30. The molecule has 1 N–H and O–H groups in total. The maximum atomic E-state index is 13.5. The molecule has 1 aliphatic rings. The Morgan fingerprint density at radius 3 is 2.50 bits per heavy atom. The summed E-state index contributed by atoms with van der Waals surface area (Å²) in [5, 5.41) is 3.15. The van der Waals surface area contributed by atoms with Gasteiger partial charge in [0.2, 0.25) is 5.95 Å². The molecule has 2 aromatic heterocycles. The zero-order valence-corrected chi connectivity index (χ0v) is 17.3. The number of amides is 2. The van der Waals surface area contributed by atoms with Gasteiger partial charge in [0.15, 0.2) is 0 Å². The smallest absolute Gasteiger partial charge is 0.324 e. The third-order valence-electron chi connectivity index (χ3n) is 5.00. The van der Waals surface area contributed by atoms with Crippen LogP contribution in [-0.2, 0) is 0 Å². The van der Waals surface area contributed by atoms with Crippen molar-refractivity contribution < 1.29 is 9.18 Å². The zero-order valence-electron chi connectivity index (χ0n) is 16.5. The molecule has 2 amide bonds. The van der Waals surface area contributed by atoms with Gasteiger partial charge in [-0.25, -0.2) is 24.1 Å². The van der Waals surface area contributed by atoms with Crippen molar-refractivity contribution in [2.75, 3.05) is 18.4 Å². The van der Waals surface area contributed by atoms with Gasteiger partial charge in [-0.2, -0.15) is 0 Å². The monoisotopic (exact) mass is 425 g/mol. The molecule has 1 aliphatic heterocycles. The average molecular weight is 426 g/mol. The zero-order chi connectivity index (χ0) is 21.1. The number of carbonyl (C=O) groups is 1. The van der Waals surface area contributed by atoms with Crippen LogP contribution in [0.4, 0.5) is 15.1 Å². The molecule has 1 saturated heterocycles. The summed E-state index contributed by atoms with van der Waals surface area (Å²) < 4.78 is 13.5. The molecule has 154 valence electrons. The molecule has 0 unspecified atom stereocenters. The van der Waals surface area contributed by atoms with Crippen molar-refractivity contribution >= 4 is 23.6 Å². The number of urea groups is 1. The number of hydrogen-bond acceptors (Lipinski definition) is 4. The number of nitrogens with zero attached hydrogens (tertiary/aromatic N) is 4. The van der Waals surface area contributed by atoms with Crippen LogP contribution in [0.25, 0.3) is 22.4 Å². The highest BCUT2D eigenvalue weighted by atomic mass is 35.5. The van der Waals surface area contributed by atoms with Gasteiger partial charge in [0, 0.05) is 36.1 Å². The standard InChI is InChI=1S/C22H21ClFN5O/c1-14-11-16(12-19(23)26-14)18-13-25-21(28-22(30)29-9-3-2-4-10-29)27-20(18)15-5-7-17(24)8-6-15/h5-8,11-13H,2-4,9-10H2,1H3,(H,25,27,28,30). The molecule has 0 bridgehead atoms. The molecule has 0 spiro atoms. The van der Waals surface area contributed by atoms with Crippen molar-refractivity contribution in [3.05, 3.63) is 59.3 Å². The summed E-state index contributed by atoms with van der Waals surface area (Å²) in [7, 11) is 0. The minimum atomic E-state index is -0.337. The van der Waals surface area contributed by atoms with Crippen LogP contribution in [-0.4, -0.2) is 39.0 Å². The van der Waals surface area contributed by atoms with Gasteiger partial charge in [-0.05, 0) is 68.1 Å². The van der Waals surface area contributed by atoms with Gasteiger partial charge < -0.3 is 4.90 Å². The van der Waals surface area contributed by atoms with E-state index in [0.717, 1.165) is 43.6 Å². The number of hydrogen-bond donors (Lipinski definition) is 1. The number of aryl methyl sites for hydroxylation is 1. The molecule has 0 atom stereocenters. The molecule has 1 aromatic carbocycles. The third kappa shape index (κ3) is 4.57. The van der Waals surface area contributed by atoms with Crippen LogP contribution in [0, 0.1) is 12.7 Å². The van der Waals surface area contributed by atoms with Crippen molar-refractivity contribution in [1.82, 2.24) is 19.9 Å². The van der Waals surface area contributed by atoms with Crippen LogP contribution >= 0.6 is 11.6 Å².